The number of sulfonamides is 1. The molecule has 0 saturated carbocycles. The van der Waals surface area contributed by atoms with Crippen molar-refractivity contribution in [2.75, 3.05) is 9.38 Å². The summed E-state index contributed by atoms with van der Waals surface area (Å²) in [7, 11) is -3.42. The minimum atomic E-state index is -3.42. The van der Waals surface area contributed by atoms with Crippen LogP contribution < -0.4 is 4.72 Å². The number of halogens is 3. The molecule has 0 spiro atoms. The van der Waals surface area contributed by atoms with Crippen molar-refractivity contribution in [3.63, 3.8) is 0 Å². The number of rotatable bonds is 3. The van der Waals surface area contributed by atoms with E-state index >= 15 is 0 Å². The van der Waals surface area contributed by atoms with Gasteiger partial charge < -0.3 is 0 Å². The molecule has 1 N–H and O–H groups in total. The largest absolute Gasteiger partial charge is 0.282 e. The summed E-state index contributed by atoms with van der Waals surface area (Å²) in [5.74, 6) is -0.444. The summed E-state index contributed by atoms with van der Waals surface area (Å²) >= 11 is 4.57. The van der Waals surface area contributed by atoms with Gasteiger partial charge in [0.1, 0.15) is 10.5 Å². The average molecular weight is 394 g/mol. The van der Waals surface area contributed by atoms with Crippen molar-refractivity contribution >= 4 is 54.2 Å². The van der Waals surface area contributed by atoms with Crippen LogP contribution in [-0.2, 0) is 10.0 Å². The van der Waals surface area contributed by atoms with E-state index in [0.717, 1.165) is 0 Å². The van der Waals surface area contributed by atoms with E-state index in [0.29, 0.717) is 0 Å². The van der Waals surface area contributed by atoms with Crippen molar-refractivity contribution in [3.8, 4) is 0 Å². The first kappa shape index (κ1) is 12.2. The van der Waals surface area contributed by atoms with E-state index < -0.39 is 15.8 Å². The van der Waals surface area contributed by atoms with E-state index in [9.17, 15) is 12.8 Å². The predicted octanol–water partition coefficient (Wildman–Crippen LogP) is 2.52. The van der Waals surface area contributed by atoms with Gasteiger partial charge in [0.2, 0.25) is 10.0 Å². The van der Waals surface area contributed by atoms with Crippen LogP contribution >= 0.6 is 38.5 Å². The molecular formula is C7H6BrFINO2S. The maximum Gasteiger partial charge on any atom is 0.242 e. The third-order valence-electron chi connectivity index (χ3n) is 1.36. The van der Waals surface area contributed by atoms with Crippen molar-refractivity contribution < 1.29 is 12.8 Å². The number of hydrogen-bond donors (Lipinski definition) is 1. The van der Waals surface area contributed by atoms with Gasteiger partial charge >= 0.3 is 0 Å². The van der Waals surface area contributed by atoms with Gasteiger partial charge in [-0.15, -0.1) is 0 Å². The summed E-state index contributed by atoms with van der Waals surface area (Å²) in [5.41, 5.74) is 0.255. The zero-order valence-electron chi connectivity index (χ0n) is 6.80. The van der Waals surface area contributed by atoms with E-state index in [4.69, 9.17) is 0 Å². The second-order valence-electron chi connectivity index (χ2n) is 2.43. The number of benzene rings is 1. The van der Waals surface area contributed by atoms with Crippen LogP contribution in [-0.4, -0.2) is 13.1 Å². The van der Waals surface area contributed by atoms with Gasteiger partial charge in [-0.3, -0.25) is 4.72 Å². The van der Waals surface area contributed by atoms with Crippen molar-refractivity contribution in [2.24, 2.45) is 0 Å². The van der Waals surface area contributed by atoms with E-state index in [2.05, 4.69) is 20.7 Å². The molecule has 14 heavy (non-hydrogen) atoms. The topological polar surface area (TPSA) is 46.2 Å². The molecule has 0 unspecified atom stereocenters. The molecule has 0 aliphatic rings. The summed E-state index contributed by atoms with van der Waals surface area (Å²) in [6.07, 6.45) is 0. The second kappa shape index (κ2) is 4.75. The molecule has 0 fully saturated rings. The lowest BCUT2D eigenvalue weighted by Gasteiger charge is -2.07. The molecule has 0 radical (unpaired) electrons. The lowest BCUT2D eigenvalue weighted by Crippen LogP contribution is -2.14. The molecule has 78 valence electrons. The van der Waals surface area contributed by atoms with Crippen molar-refractivity contribution in [1.82, 2.24) is 0 Å². The third kappa shape index (κ3) is 3.06. The molecule has 7 heteroatoms. The molecular weight excluding hydrogens is 388 g/mol. The van der Waals surface area contributed by atoms with Crippen LogP contribution in [0.4, 0.5) is 10.1 Å². The smallest absolute Gasteiger partial charge is 0.242 e. The molecule has 1 aromatic carbocycles. The molecule has 0 saturated heterocycles. The van der Waals surface area contributed by atoms with Crippen LogP contribution in [0, 0.1) is 9.39 Å². The first-order valence-electron chi connectivity index (χ1n) is 3.47. The minimum Gasteiger partial charge on any atom is -0.282 e. The van der Waals surface area contributed by atoms with E-state index in [1.807, 2.05) is 0 Å². The van der Waals surface area contributed by atoms with Gasteiger partial charge in [0.15, 0.2) is 0 Å². The number of anilines is 1. The van der Waals surface area contributed by atoms with Crippen LogP contribution in [0.3, 0.4) is 0 Å². The summed E-state index contributed by atoms with van der Waals surface area (Å²) in [6, 6.07) is 4.22. The van der Waals surface area contributed by atoms with Crippen LogP contribution in [0.25, 0.3) is 0 Å². The summed E-state index contributed by atoms with van der Waals surface area (Å²) < 4.78 is 37.6. The Morgan fingerprint density at radius 1 is 1.50 bits per heavy atom. The molecule has 0 amide bonds. The van der Waals surface area contributed by atoms with Crippen LogP contribution in [0.2, 0.25) is 0 Å². The lowest BCUT2D eigenvalue weighted by molar-refractivity contribution is 0.605. The fraction of sp³-hybridized carbons (Fsp3) is 0.143. The number of alkyl halides is 1. The molecule has 1 aromatic rings. The van der Waals surface area contributed by atoms with Crippen molar-refractivity contribution in [3.05, 3.63) is 27.6 Å². The van der Waals surface area contributed by atoms with E-state index in [1.165, 1.54) is 18.2 Å². The highest BCUT2D eigenvalue weighted by molar-refractivity contribution is 14.1. The molecule has 0 aliphatic carbocycles. The van der Waals surface area contributed by atoms with Crippen LogP contribution in [0.15, 0.2) is 18.2 Å². The zero-order valence-corrected chi connectivity index (χ0v) is 11.4. The molecule has 0 aromatic heterocycles. The fourth-order valence-electron chi connectivity index (χ4n) is 0.777. The average Bonchev–Trinajstić information content (AvgIpc) is 2.13. The Hall–Kier alpha value is 0.110. The molecule has 0 aliphatic heterocycles. The predicted molar refractivity (Wildman–Crippen MR) is 65.5 cm³/mol. The second-order valence-corrected chi connectivity index (χ2v) is 6.53. The van der Waals surface area contributed by atoms with Gasteiger partial charge in [-0.1, -0.05) is 22.0 Å². The highest BCUT2D eigenvalue weighted by Gasteiger charge is 2.11. The Kier molecular flexibility index (Phi) is 4.14. The summed E-state index contributed by atoms with van der Waals surface area (Å²) in [5, 5.41) is 0. The van der Waals surface area contributed by atoms with Crippen LogP contribution in [0.1, 0.15) is 0 Å². The maximum atomic E-state index is 13.0. The van der Waals surface area contributed by atoms with Gasteiger partial charge in [0.25, 0.3) is 0 Å². The molecule has 3 nitrogen and oxygen atoms in total. The lowest BCUT2D eigenvalue weighted by atomic mass is 10.3. The highest BCUT2D eigenvalue weighted by Crippen LogP contribution is 2.22. The normalized spacial score (nSPS) is 11.4. The first-order chi connectivity index (χ1) is 6.46. The van der Waals surface area contributed by atoms with E-state index in [1.54, 1.807) is 22.6 Å². The summed E-state index contributed by atoms with van der Waals surface area (Å²) in [6.45, 7) is 0. The van der Waals surface area contributed by atoms with Gasteiger partial charge in [0.05, 0.1) is 9.26 Å². The summed E-state index contributed by atoms with van der Waals surface area (Å²) in [4.78, 5) is 0. The van der Waals surface area contributed by atoms with Gasteiger partial charge in [0, 0.05) is 0 Å². The first-order valence-corrected chi connectivity index (χ1v) is 7.32. The van der Waals surface area contributed by atoms with Gasteiger partial charge in [-0.05, 0) is 34.7 Å². The Morgan fingerprint density at radius 2 is 2.14 bits per heavy atom. The van der Waals surface area contributed by atoms with Crippen molar-refractivity contribution in [1.29, 1.82) is 0 Å². The number of hydrogen-bond acceptors (Lipinski definition) is 2. The Bertz CT molecular complexity index is 437. The number of nitrogens with one attached hydrogen (secondary N) is 1. The van der Waals surface area contributed by atoms with Gasteiger partial charge in [-0.25, -0.2) is 12.8 Å². The van der Waals surface area contributed by atoms with E-state index in [-0.39, 0.29) is 13.9 Å². The Morgan fingerprint density at radius 3 is 2.71 bits per heavy atom. The highest BCUT2D eigenvalue weighted by atomic mass is 127. The molecule has 0 heterocycles. The maximum absolute atomic E-state index is 13.0. The quantitative estimate of drug-likeness (QED) is 0.633. The van der Waals surface area contributed by atoms with Crippen LogP contribution in [0.5, 0.6) is 0 Å². The van der Waals surface area contributed by atoms with Gasteiger partial charge in [-0.2, -0.15) is 0 Å². The zero-order chi connectivity index (χ0) is 10.8. The third-order valence-corrected chi connectivity index (χ3v) is 5.08. The standard InChI is InChI=1S/C7H6BrFINO2S/c8-4-14(12,13)11-6-3-1-2-5(9)7(6)10/h1-3,11H,4H2. The minimum absolute atomic E-state index is 0.216. The monoisotopic (exact) mass is 393 g/mol. The molecule has 0 atom stereocenters. The van der Waals surface area contributed by atoms with Crippen molar-refractivity contribution in [2.45, 2.75) is 0 Å². The Labute approximate surface area is 103 Å². The molecule has 1 rings (SSSR count). The molecule has 0 bridgehead atoms. The SMILES string of the molecule is O=S(=O)(CBr)Nc1cccc(F)c1I. The fourth-order valence-corrected chi connectivity index (χ4v) is 2.36. The Balaban J connectivity index is 3.05.